The van der Waals surface area contributed by atoms with Gasteiger partial charge in [0, 0.05) is 53.9 Å². The fraction of sp³-hybridized carbons (Fsp3) is 0.667. The molecule has 2 rings (SSSR count). The van der Waals surface area contributed by atoms with E-state index in [2.05, 4.69) is 39.2 Å². The third kappa shape index (κ3) is 4.28. The van der Waals surface area contributed by atoms with E-state index in [0.717, 1.165) is 43.5 Å². The molecular weight excluding hydrogens is 350 g/mol. The smallest absolute Gasteiger partial charge is 0.219 e. The van der Waals surface area contributed by atoms with Crippen molar-refractivity contribution in [2.45, 2.75) is 38.8 Å². The first kappa shape index (κ1) is 16.9. The first-order valence-corrected chi connectivity index (χ1v) is 9.19. The van der Waals surface area contributed by atoms with Gasteiger partial charge in [0.25, 0.3) is 0 Å². The highest BCUT2D eigenvalue weighted by Crippen LogP contribution is 2.32. The van der Waals surface area contributed by atoms with Crippen molar-refractivity contribution in [2.24, 2.45) is 5.73 Å². The molecule has 0 aromatic carbocycles. The Hall–Kier alpha value is -0.430. The highest BCUT2D eigenvalue weighted by molar-refractivity contribution is 9.10. The molecule has 1 aromatic rings. The Balaban J connectivity index is 2.15. The minimum absolute atomic E-state index is 0.124. The molecule has 6 heteroatoms. The van der Waals surface area contributed by atoms with Crippen LogP contribution in [0.3, 0.4) is 0 Å². The van der Waals surface area contributed by atoms with E-state index in [1.54, 1.807) is 18.3 Å². The first-order valence-electron chi connectivity index (χ1n) is 7.52. The second-order valence-corrected chi connectivity index (χ2v) is 7.44. The molecule has 4 nitrogen and oxygen atoms in total. The number of carbonyl (C=O) groups is 1. The molecule has 0 radical (unpaired) electrons. The summed E-state index contributed by atoms with van der Waals surface area (Å²) in [5.41, 5.74) is 6.40. The summed E-state index contributed by atoms with van der Waals surface area (Å²) in [5, 5.41) is 2.12. The van der Waals surface area contributed by atoms with Gasteiger partial charge in [-0.25, -0.2) is 0 Å². The molecule has 1 aliphatic rings. The van der Waals surface area contributed by atoms with Gasteiger partial charge in [-0.15, -0.1) is 11.3 Å². The van der Waals surface area contributed by atoms with Gasteiger partial charge in [-0.2, -0.15) is 0 Å². The maximum absolute atomic E-state index is 11.6. The lowest BCUT2D eigenvalue weighted by Crippen LogP contribution is -2.42. The van der Waals surface area contributed by atoms with Crippen LogP contribution in [0.1, 0.15) is 37.6 Å². The Morgan fingerprint density at radius 3 is 2.76 bits per heavy atom. The van der Waals surface area contributed by atoms with Gasteiger partial charge in [0.1, 0.15) is 0 Å². The van der Waals surface area contributed by atoms with Crippen molar-refractivity contribution in [3.8, 4) is 0 Å². The number of carbonyl (C=O) groups excluding carboxylic acids is 1. The van der Waals surface area contributed by atoms with E-state index in [0.29, 0.717) is 0 Å². The zero-order chi connectivity index (χ0) is 15.4. The number of halogens is 1. The van der Waals surface area contributed by atoms with E-state index in [9.17, 15) is 4.79 Å². The van der Waals surface area contributed by atoms with Crippen molar-refractivity contribution in [1.82, 2.24) is 9.80 Å². The fourth-order valence-electron chi connectivity index (χ4n) is 2.90. The fourth-order valence-corrected chi connectivity index (χ4v) is 4.55. The molecule has 0 bridgehead atoms. The summed E-state index contributed by atoms with van der Waals surface area (Å²) in [6, 6.07) is 2.55. The molecule has 1 saturated heterocycles. The van der Waals surface area contributed by atoms with E-state index >= 15 is 0 Å². The minimum Gasteiger partial charge on any atom is -0.342 e. The molecule has 1 amide bonds. The van der Waals surface area contributed by atoms with Crippen molar-refractivity contribution in [2.75, 3.05) is 26.2 Å². The Labute approximate surface area is 139 Å². The summed E-state index contributed by atoms with van der Waals surface area (Å²) in [6.45, 7) is 7.34. The number of thiophene rings is 1. The molecule has 2 unspecified atom stereocenters. The van der Waals surface area contributed by atoms with Gasteiger partial charge < -0.3 is 10.6 Å². The molecule has 1 aromatic heterocycles. The van der Waals surface area contributed by atoms with Gasteiger partial charge in [-0.3, -0.25) is 9.69 Å². The molecule has 21 heavy (non-hydrogen) atoms. The van der Waals surface area contributed by atoms with Crippen LogP contribution in [0.15, 0.2) is 15.9 Å². The minimum atomic E-state index is 0.124. The second-order valence-electron chi connectivity index (χ2n) is 5.58. The third-order valence-electron chi connectivity index (χ3n) is 4.13. The predicted octanol–water partition coefficient (Wildman–Crippen LogP) is 2.84. The van der Waals surface area contributed by atoms with Crippen molar-refractivity contribution in [3.63, 3.8) is 0 Å². The van der Waals surface area contributed by atoms with Gasteiger partial charge in [0.2, 0.25) is 5.91 Å². The van der Waals surface area contributed by atoms with Gasteiger partial charge in [-0.05, 0) is 34.8 Å². The zero-order valence-corrected chi connectivity index (χ0v) is 15.1. The summed E-state index contributed by atoms with van der Waals surface area (Å²) in [7, 11) is 0. The molecule has 0 spiro atoms. The molecule has 2 heterocycles. The molecular formula is C15H24BrN3OS. The van der Waals surface area contributed by atoms with Crippen LogP contribution in [0.4, 0.5) is 0 Å². The summed E-state index contributed by atoms with van der Waals surface area (Å²) >= 11 is 5.30. The summed E-state index contributed by atoms with van der Waals surface area (Å²) < 4.78 is 1.12. The number of hydrogen-bond donors (Lipinski definition) is 1. The Kier molecular flexibility index (Phi) is 6.22. The average molecular weight is 374 g/mol. The lowest BCUT2D eigenvalue weighted by molar-refractivity contribution is -0.128. The van der Waals surface area contributed by atoms with Gasteiger partial charge in [0.15, 0.2) is 0 Å². The standard InChI is InChI=1S/C15H24BrN3OS/c1-3-13(17)15(14-9-12(16)10-21-14)19-6-4-5-18(7-8-19)11(2)20/h9-10,13,15H,3-8,17H2,1-2H3. The van der Waals surface area contributed by atoms with Crippen LogP contribution in [0.25, 0.3) is 0 Å². The van der Waals surface area contributed by atoms with Gasteiger partial charge >= 0.3 is 0 Å². The summed E-state index contributed by atoms with van der Waals surface area (Å²) in [4.78, 5) is 17.3. The molecule has 1 aliphatic heterocycles. The number of hydrogen-bond acceptors (Lipinski definition) is 4. The first-order chi connectivity index (χ1) is 10.0. The van der Waals surface area contributed by atoms with Crippen LogP contribution in [-0.2, 0) is 4.79 Å². The van der Waals surface area contributed by atoms with Crippen LogP contribution in [-0.4, -0.2) is 47.9 Å². The van der Waals surface area contributed by atoms with Crippen LogP contribution in [0.5, 0.6) is 0 Å². The van der Waals surface area contributed by atoms with E-state index < -0.39 is 0 Å². The summed E-state index contributed by atoms with van der Waals surface area (Å²) in [5.74, 6) is 0.173. The highest BCUT2D eigenvalue weighted by Gasteiger charge is 2.29. The van der Waals surface area contributed by atoms with Crippen molar-refractivity contribution >= 4 is 33.2 Å². The zero-order valence-electron chi connectivity index (χ0n) is 12.7. The molecule has 2 atom stereocenters. The quantitative estimate of drug-likeness (QED) is 0.882. The van der Waals surface area contributed by atoms with Crippen molar-refractivity contribution < 1.29 is 4.79 Å². The maximum atomic E-state index is 11.6. The second kappa shape index (κ2) is 7.72. The largest absolute Gasteiger partial charge is 0.342 e. The Morgan fingerprint density at radius 2 is 2.19 bits per heavy atom. The van der Waals surface area contributed by atoms with Crippen molar-refractivity contribution in [3.05, 3.63) is 20.8 Å². The topological polar surface area (TPSA) is 49.6 Å². The molecule has 0 saturated carbocycles. The van der Waals surface area contributed by atoms with Crippen LogP contribution in [0, 0.1) is 0 Å². The molecule has 118 valence electrons. The van der Waals surface area contributed by atoms with E-state index in [4.69, 9.17) is 5.73 Å². The SMILES string of the molecule is CCC(N)C(c1cc(Br)cs1)N1CCCN(C(C)=O)CC1. The van der Waals surface area contributed by atoms with Crippen LogP contribution < -0.4 is 5.73 Å². The van der Waals surface area contributed by atoms with E-state index in [1.807, 2.05) is 4.90 Å². The van der Waals surface area contributed by atoms with Crippen molar-refractivity contribution in [1.29, 1.82) is 0 Å². The van der Waals surface area contributed by atoms with E-state index in [-0.39, 0.29) is 18.0 Å². The lowest BCUT2D eigenvalue weighted by atomic mass is 10.0. The third-order valence-corrected chi connectivity index (χ3v) is 5.89. The number of nitrogens with zero attached hydrogens (tertiary/aromatic N) is 2. The number of nitrogens with two attached hydrogens (primary N) is 1. The van der Waals surface area contributed by atoms with Crippen LogP contribution in [0.2, 0.25) is 0 Å². The Bertz CT molecular complexity index is 479. The molecule has 0 aliphatic carbocycles. The van der Waals surface area contributed by atoms with Gasteiger partial charge in [0.05, 0.1) is 6.04 Å². The average Bonchev–Trinajstić information content (AvgIpc) is 2.73. The molecule has 2 N–H and O–H groups in total. The van der Waals surface area contributed by atoms with E-state index in [1.165, 1.54) is 4.88 Å². The number of amides is 1. The molecule has 1 fully saturated rings. The number of rotatable bonds is 4. The normalized spacial score (nSPS) is 20.1. The van der Waals surface area contributed by atoms with Crippen LogP contribution >= 0.6 is 27.3 Å². The predicted molar refractivity (Wildman–Crippen MR) is 91.5 cm³/mol. The summed E-state index contributed by atoms with van der Waals surface area (Å²) in [6.07, 6.45) is 1.96. The lowest BCUT2D eigenvalue weighted by Gasteiger charge is -2.33. The monoisotopic (exact) mass is 373 g/mol. The maximum Gasteiger partial charge on any atom is 0.219 e. The van der Waals surface area contributed by atoms with Gasteiger partial charge in [-0.1, -0.05) is 6.92 Å². The highest BCUT2D eigenvalue weighted by atomic mass is 79.9. The Morgan fingerprint density at radius 1 is 1.43 bits per heavy atom.